The molecule has 3 N–H and O–H groups in total. The molecule has 0 saturated heterocycles. The molecule has 0 aliphatic heterocycles. The van der Waals surface area contributed by atoms with Gasteiger partial charge in [-0.3, -0.25) is 4.98 Å². The highest BCUT2D eigenvalue weighted by molar-refractivity contribution is 5.55. The van der Waals surface area contributed by atoms with E-state index in [0.717, 1.165) is 17.9 Å². The molecule has 0 fully saturated rings. The van der Waals surface area contributed by atoms with E-state index in [0.29, 0.717) is 24.7 Å². The molecule has 0 unspecified atom stereocenters. The van der Waals surface area contributed by atoms with Gasteiger partial charge in [-0.1, -0.05) is 6.92 Å². The largest absolute Gasteiger partial charge is 0.506 e. The lowest BCUT2D eigenvalue weighted by molar-refractivity contribution is 0.298. The van der Waals surface area contributed by atoms with Crippen molar-refractivity contribution in [1.29, 1.82) is 0 Å². The van der Waals surface area contributed by atoms with E-state index in [-0.39, 0.29) is 5.75 Å². The molecular formula is C15H18N2O3. The van der Waals surface area contributed by atoms with Crippen molar-refractivity contribution in [3.8, 4) is 17.2 Å². The molecule has 0 amide bonds. The van der Waals surface area contributed by atoms with Crippen LogP contribution < -0.4 is 15.2 Å². The third kappa shape index (κ3) is 3.78. The summed E-state index contributed by atoms with van der Waals surface area (Å²) < 4.78 is 11.0. The summed E-state index contributed by atoms with van der Waals surface area (Å²) >= 11 is 0. The van der Waals surface area contributed by atoms with Gasteiger partial charge in [0, 0.05) is 6.07 Å². The molecule has 0 spiro atoms. The molecule has 5 nitrogen and oxygen atoms in total. The summed E-state index contributed by atoms with van der Waals surface area (Å²) in [5.74, 6) is 1.39. The van der Waals surface area contributed by atoms with E-state index in [1.165, 1.54) is 6.07 Å². The minimum atomic E-state index is 0.0490. The monoisotopic (exact) mass is 274 g/mol. The van der Waals surface area contributed by atoms with Crippen LogP contribution in [0, 0.1) is 0 Å². The minimum Gasteiger partial charge on any atom is -0.506 e. The van der Waals surface area contributed by atoms with Crippen LogP contribution in [0.15, 0.2) is 36.5 Å². The predicted molar refractivity (Wildman–Crippen MR) is 76.9 cm³/mol. The summed E-state index contributed by atoms with van der Waals surface area (Å²) in [7, 11) is 0. The lowest BCUT2D eigenvalue weighted by atomic mass is 10.3. The number of nitrogen functional groups attached to an aromatic ring is 1. The molecule has 20 heavy (non-hydrogen) atoms. The Balaban J connectivity index is 1.91. The number of nitrogens with zero attached hydrogens (tertiary/aromatic N) is 1. The second-order valence-corrected chi connectivity index (χ2v) is 4.34. The molecule has 106 valence electrons. The number of benzene rings is 1. The van der Waals surface area contributed by atoms with Crippen molar-refractivity contribution in [2.45, 2.75) is 20.0 Å². The summed E-state index contributed by atoms with van der Waals surface area (Å²) in [5, 5.41) is 9.32. The predicted octanol–water partition coefficient (Wildman–Crippen LogP) is 2.74. The van der Waals surface area contributed by atoms with E-state index in [1.807, 2.05) is 12.1 Å². The van der Waals surface area contributed by atoms with Gasteiger partial charge in [0.15, 0.2) is 0 Å². The van der Waals surface area contributed by atoms with Crippen LogP contribution in [-0.4, -0.2) is 16.7 Å². The Morgan fingerprint density at radius 3 is 2.60 bits per heavy atom. The Kier molecular flexibility index (Phi) is 4.65. The van der Waals surface area contributed by atoms with Crippen LogP contribution >= 0.6 is 0 Å². The maximum atomic E-state index is 9.32. The number of aromatic hydroxyl groups is 1. The topological polar surface area (TPSA) is 77.6 Å². The average molecular weight is 274 g/mol. The van der Waals surface area contributed by atoms with Gasteiger partial charge in [0.2, 0.25) is 0 Å². The lowest BCUT2D eigenvalue weighted by Crippen LogP contribution is -2.00. The Bertz CT molecular complexity index is 556. The minimum absolute atomic E-state index is 0.0490. The molecule has 2 aromatic rings. The van der Waals surface area contributed by atoms with E-state index in [1.54, 1.807) is 18.3 Å². The Labute approximate surface area is 118 Å². The maximum absolute atomic E-state index is 9.32. The summed E-state index contributed by atoms with van der Waals surface area (Å²) in [6.07, 6.45) is 2.65. The number of aromatic nitrogens is 1. The number of pyridine rings is 1. The molecule has 1 heterocycles. The fourth-order valence-electron chi connectivity index (χ4n) is 1.58. The fourth-order valence-corrected chi connectivity index (χ4v) is 1.58. The van der Waals surface area contributed by atoms with Gasteiger partial charge < -0.3 is 20.3 Å². The van der Waals surface area contributed by atoms with E-state index in [2.05, 4.69) is 11.9 Å². The Hall–Kier alpha value is -2.43. The van der Waals surface area contributed by atoms with Gasteiger partial charge in [-0.05, 0) is 30.7 Å². The van der Waals surface area contributed by atoms with Gasteiger partial charge in [-0.25, -0.2) is 0 Å². The number of nitrogens with two attached hydrogens (primary N) is 1. The van der Waals surface area contributed by atoms with Crippen molar-refractivity contribution in [2.24, 2.45) is 0 Å². The second kappa shape index (κ2) is 6.65. The third-order valence-electron chi connectivity index (χ3n) is 2.66. The molecule has 2 rings (SSSR count). The zero-order valence-electron chi connectivity index (χ0n) is 11.4. The normalized spacial score (nSPS) is 10.2. The number of anilines is 1. The van der Waals surface area contributed by atoms with Gasteiger partial charge in [0.25, 0.3) is 0 Å². The third-order valence-corrected chi connectivity index (χ3v) is 2.66. The molecular weight excluding hydrogens is 256 g/mol. The van der Waals surface area contributed by atoms with Crippen molar-refractivity contribution >= 4 is 5.69 Å². The smallest absolute Gasteiger partial charge is 0.138 e. The van der Waals surface area contributed by atoms with Crippen molar-refractivity contribution in [1.82, 2.24) is 4.98 Å². The quantitative estimate of drug-likeness (QED) is 0.625. The van der Waals surface area contributed by atoms with E-state index in [4.69, 9.17) is 15.2 Å². The highest BCUT2D eigenvalue weighted by atomic mass is 16.5. The average Bonchev–Trinajstić information content (AvgIpc) is 2.47. The second-order valence-electron chi connectivity index (χ2n) is 4.34. The van der Waals surface area contributed by atoms with Crippen LogP contribution in [-0.2, 0) is 6.61 Å². The Morgan fingerprint density at radius 2 is 1.95 bits per heavy atom. The molecule has 1 aromatic carbocycles. The van der Waals surface area contributed by atoms with Gasteiger partial charge in [0.05, 0.1) is 24.2 Å². The number of rotatable bonds is 6. The van der Waals surface area contributed by atoms with Gasteiger partial charge >= 0.3 is 0 Å². The molecule has 0 aliphatic rings. The summed E-state index contributed by atoms with van der Waals surface area (Å²) in [6, 6.07) is 8.46. The van der Waals surface area contributed by atoms with Crippen molar-refractivity contribution in [3.63, 3.8) is 0 Å². The zero-order valence-corrected chi connectivity index (χ0v) is 11.4. The number of phenolic OH excluding ortho intramolecular Hbond substituents is 1. The lowest BCUT2D eigenvalue weighted by Gasteiger charge is -2.08. The standard InChI is InChI=1S/C15H18N2O3/c1-2-7-19-13-4-3-11(17-9-13)10-20-12-5-6-15(18)14(16)8-12/h3-6,8-9,18H,2,7,10,16H2,1H3. The van der Waals surface area contributed by atoms with E-state index in [9.17, 15) is 5.11 Å². The van der Waals surface area contributed by atoms with Crippen molar-refractivity contribution in [3.05, 3.63) is 42.2 Å². The summed E-state index contributed by atoms with van der Waals surface area (Å²) in [6.45, 7) is 3.07. The number of hydrogen-bond acceptors (Lipinski definition) is 5. The molecule has 1 aromatic heterocycles. The first-order valence-electron chi connectivity index (χ1n) is 6.48. The number of phenols is 1. The van der Waals surface area contributed by atoms with Crippen LogP contribution in [0.3, 0.4) is 0 Å². The summed E-state index contributed by atoms with van der Waals surface area (Å²) in [4.78, 5) is 4.26. The van der Waals surface area contributed by atoms with Crippen LogP contribution in [0.5, 0.6) is 17.2 Å². The maximum Gasteiger partial charge on any atom is 0.138 e. The van der Waals surface area contributed by atoms with Crippen LogP contribution in [0.2, 0.25) is 0 Å². The molecule has 0 bridgehead atoms. The first-order chi connectivity index (χ1) is 9.69. The fraction of sp³-hybridized carbons (Fsp3) is 0.267. The van der Waals surface area contributed by atoms with E-state index < -0.39 is 0 Å². The van der Waals surface area contributed by atoms with Crippen LogP contribution in [0.4, 0.5) is 5.69 Å². The first kappa shape index (κ1) is 14.0. The number of ether oxygens (including phenoxy) is 2. The summed E-state index contributed by atoms with van der Waals surface area (Å²) in [5.41, 5.74) is 6.68. The highest BCUT2D eigenvalue weighted by Crippen LogP contribution is 2.25. The molecule has 0 atom stereocenters. The van der Waals surface area contributed by atoms with Crippen molar-refractivity contribution in [2.75, 3.05) is 12.3 Å². The van der Waals surface area contributed by atoms with Gasteiger partial charge in [0.1, 0.15) is 23.9 Å². The van der Waals surface area contributed by atoms with Crippen LogP contribution in [0.25, 0.3) is 0 Å². The van der Waals surface area contributed by atoms with Gasteiger partial charge in [-0.2, -0.15) is 0 Å². The highest BCUT2D eigenvalue weighted by Gasteiger charge is 2.02. The Morgan fingerprint density at radius 1 is 1.15 bits per heavy atom. The van der Waals surface area contributed by atoms with Crippen molar-refractivity contribution < 1.29 is 14.6 Å². The van der Waals surface area contributed by atoms with Crippen LogP contribution in [0.1, 0.15) is 19.0 Å². The molecule has 5 heteroatoms. The zero-order chi connectivity index (χ0) is 14.4. The van der Waals surface area contributed by atoms with E-state index >= 15 is 0 Å². The molecule has 0 saturated carbocycles. The molecule has 0 aliphatic carbocycles. The SMILES string of the molecule is CCCOc1ccc(COc2ccc(O)c(N)c2)nc1. The number of hydrogen-bond donors (Lipinski definition) is 2. The van der Waals surface area contributed by atoms with Gasteiger partial charge in [-0.15, -0.1) is 0 Å². The molecule has 0 radical (unpaired) electrons. The first-order valence-corrected chi connectivity index (χ1v) is 6.48.